The van der Waals surface area contributed by atoms with Crippen LogP contribution in [0, 0.1) is 6.42 Å². The summed E-state index contributed by atoms with van der Waals surface area (Å²) in [5, 5.41) is 1.29. The summed E-state index contributed by atoms with van der Waals surface area (Å²) in [5.74, 6) is 0. The zero-order chi connectivity index (χ0) is 12.2. The van der Waals surface area contributed by atoms with Gasteiger partial charge in [0.15, 0.2) is 0 Å². The molecule has 0 fully saturated rings. The van der Waals surface area contributed by atoms with E-state index in [2.05, 4.69) is 72.1 Å². The highest BCUT2D eigenvalue weighted by atomic mass is 14.7. The highest BCUT2D eigenvalue weighted by Gasteiger charge is 2.00. The van der Waals surface area contributed by atoms with Gasteiger partial charge in [0.2, 0.25) is 0 Å². The molecule has 3 aromatic rings. The highest BCUT2D eigenvalue weighted by molar-refractivity contribution is 5.80. The summed E-state index contributed by atoms with van der Waals surface area (Å²) in [7, 11) is 0. The number of hydrogen-bond acceptors (Lipinski definition) is 0. The smallest absolute Gasteiger partial charge is 0.0456 e. The fourth-order valence-corrected chi connectivity index (χ4v) is 2.25. The van der Waals surface area contributed by atoms with Crippen LogP contribution in [-0.2, 0) is 12.8 Å². The van der Waals surface area contributed by atoms with Crippen molar-refractivity contribution in [3.05, 3.63) is 78.3 Å². The van der Waals surface area contributed by atoms with Gasteiger partial charge in [-0.3, -0.25) is 0 Å². The Balaban J connectivity index is 1.63. The lowest BCUT2D eigenvalue weighted by Gasteiger charge is -1.99. The van der Waals surface area contributed by atoms with Crippen LogP contribution in [0.5, 0.6) is 0 Å². The Morgan fingerprint density at radius 2 is 1.61 bits per heavy atom. The normalized spacial score (nSPS) is 10.9. The minimum Gasteiger partial charge on any atom is -0.358 e. The summed E-state index contributed by atoms with van der Waals surface area (Å²) in [5.41, 5.74) is 3.88. The van der Waals surface area contributed by atoms with Crippen LogP contribution in [0.2, 0.25) is 0 Å². The molecule has 1 heterocycles. The van der Waals surface area contributed by atoms with Gasteiger partial charge in [0.25, 0.3) is 0 Å². The Labute approximate surface area is 107 Å². The van der Waals surface area contributed by atoms with E-state index < -0.39 is 0 Å². The zero-order valence-electron chi connectivity index (χ0n) is 10.3. The molecule has 89 valence electrons. The molecule has 1 nitrogen and oxygen atoms in total. The van der Waals surface area contributed by atoms with Crippen LogP contribution < -0.4 is 0 Å². The lowest BCUT2D eigenvalue weighted by atomic mass is 10.1. The third-order valence-corrected chi connectivity index (χ3v) is 3.17. The largest absolute Gasteiger partial charge is 0.358 e. The van der Waals surface area contributed by atoms with E-state index in [1.165, 1.54) is 22.2 Å². The van der Waals surface area contributed by atoms with E-state index in [1.807, 2.05) is 0 Å². The first-order valence-corrected chi connectivity index (χ1v) is 6.34. The Morgan fingerprint density at radius 1 is 0.833 bits per heavy atom. The number of benzene rings is 2. The maximum absolute atomic E-state index is 3.45. The fraction of sp³-hybridized carbons (Fsp3) is 0.118. The molecule has 0 unspecified atom stereocenters. The van der Waals surface area contributed by atoms with E-state index >= 15 is 0 Å². The summed E-state index contributed by atoms with van der Waals surface area (Å²) < 4.78 is 0. The molecule has 0 aliphatic rings. The fourth-order valence-electron chi connectivity index (χ4n) is 2.25. The highest BCUT2D eigenvalue weighted by Crippen LogP contribution is 2.16. The van der Waals surface area contributed by atoms with E-state index in [-0.39, 0.29) is 0 Å². The first kappa shape index (κ1) is 11.1. The van der Waals surface area contributed by atoms with Gasteiger partial charge in [-0.05, 0) is 42.3 Å². The molecule has 0 saturated heterocycles. The van der Waals surface area contributed by atoms with Crippen LogP contribution in [-0.4, -0.2) is 4.98 Å². The van der Waals surface area contributed by atoms with E-state index in [0.29, 0.717) is 0 Å². The van der Waals surface area contributed by atoms with Gasteiger partial charge < -0.3 is 4.98 Å². The summed E-state index contributed by atoms with van der Waals surface area (Å²) in [4.78, 5) is 3.45. The standard InChI is InChI=1S/C17H16N/c1-2-7-14(8-3-1)9-6-11-16-13-15-10-4-5-12-17(15)18-16/h1-8,10,12-13,18H,9,11H2. The molecule has 0 atom stereocenters. The lowest BCUT2D eigenvalue weighted by Crippen LogP contribution is -1.90. The van der Waals surface area contributed by atoms with Crippen LogP contribution in [0.1, 0.15) is 11.3 Å². The Kier molecular flexibility index (Phi) is 3.14. The van der Waals surface area contributed by atoms with Crippen LogP contribution in [0.4, 0.5) is 0 Å². The van der Waals surface area contributed by atoms with E-state index in [1.54, 1.807) is 0 Å². The molecular formula is C17H16N. The first-order chi connectivity index (χ1) is 8.92. The molecule has 0 aliphatic heterocycles. The lowest BCUT2D eigenvalue weighted by molar-refractivity contribution is 0.999. The topological polar surface area (TPSA) is 15.8 Å². The van der Waals surface area contributed by atoms with Gasteiger partial charge in [-0.15, -0.1) is 0 Å². The van der Waals surface area contributed by atoms with Gasteiger partial charge in [-0.1, -0.05) is 48.5 Å². The molecule has 1 N–H and O–H groups in total. The van der Waals surface area contributed by atoms with Crippen molar-refractivity contribution < 1.29 is 0 Å². The predicted octanol–water partition coefficient (Wildman–Crippen LogP) is 4.16. The van der Waals surface area contributed by atoms with Crippen LogP contribution >= 0.6 is 0 Å². The third kappa shape index (κ3) is 2.45. The maximum Gasteiger partial charge on any atom is 0.0456 e. The Hall–Kier alpha value is -2.02. The van der Waals surface area contributed by atoms with Gasteiger partial charge in [-0.25, -0.2) is 0 Å². The predicted molar refractivity (Wildman–Crippen MR) is 76.4 cm³/mol. The molecular weight excluding hydrogens is 218 g/mol. The summed E-state index contributed by atoms with van der Waals surface area (Å²) in [6.45, 7) is 0. The molecule has 3 rings (SSSR count). The minimum absolute atomic E-state index is 0.990. The van der Waals surface area contributed by atoms with E-state index in [0.717, 1.165) is 12.8 Å². The molecule has 18 heavy (non-hydrogen) atoms. The summed E-state index contributed by atoms with van der Waals surface area (Å²) in [6.07, 6.45) is 4.33. The van der Waals surface area contributed by atoms with Gasteiger partial charge in [-0.2, -0.15) is 0 Å². The molecule has 0 aliphatic carbocycles. The molecule has 0 spiro atoms. The zero-order valence-corrected chi connectivity index (χ0v) is 10.3. The number of para-hydroxylation sites is 1. The number of nitrogens with one attached hydrogen (secondary N) is 1. The number of aromatic amines is 1. The maximum atomic E-state index is 3.45. The van der Waals surface area contributed by atoms with Gasteiger partial charge in [0.05, 0.1) is 0 Å². The SMILES string of the molecule is [CH](Cc1ccccc1)Cc1cc2ccccc2[nH]1. The van der Waals surface area contributed by atoms with Gasteiger partial charge in [0, 0.05) is 11.2 Å². The number of rotatable bonds is 4. The van der Waals surface area contributed by atoms with E-state index in [4.69, 9.17) is 0 Å². The summed E-state index contributed by atoms with van der Waals surface area (Å²) in [6, 6.07) is 21.2. The quantitative estimate of drug-likeness (QED) is 0.697. The third-order valence-electron chi connectivity index (χ3n) is 3.17. The molecule has 1 aromatic heterocycles. The second-order valence-electron chi connectivity index (χ2n) is 4.56. The number of H-pyrrole nitrogens is 1. The second kappa shape index (κ2) is 5.09. The van der Waals surface area contributed by atoms with Gasteiger partial charge >= 0.3 is 0 Å². The number of hydrogen-bond donors (Lipinski definition) is 1. The monoisotopic (exact) mass is 234 g/mol. The van der Waals surface area contributed by atoms with Crippen molar-refractivity contribution in [2.75, 3.05) is 0 Å². The first-order valence-electron chi connectivity index (χ1n) is 6.34. The molecule has 0 amide bonds. The van der Waals surface area contributed by atoms with Crippen molar-refractivity contribution in [1.29, 1.82) is 0 Å². The van der Waals surface area contributed by atoms with Crippen LogP contribution in [0.15, 0.2) is 60.7 Å². The van der Waals surface area contributed by atoms with Crippen molar-refractivity contribution in [3.63, 3.8) is 0 Å². The molecule has 0 saturated carbocycles. The Bertz CT molecular complexity index is 589. The average Bonchev–Trinajstić information content (AvgIpc) is 2.82. The number of aromatic nitrogens is 1. The average molecular weight is 234 g/mol. The second-order valence-corrected chi connectivity index (χ2v) is 4.56. The van der Waals surface area contributed by atoms with Crippen molar-refractivity contribution >= 4 is 10.9 Å². The van der Waals surface area contributed by atoms with Gasteiger partial charge in [0.1, 0.15) is 0 Å². The summed E-state index contributed by atoms with van der Waals surface area (Å²) >= 11 is 0. The van der Waals surface area contributed by atoms with Crippen molar-refractivity contribution in [2.45, 2.75) is 12.8 Å². The van der Waals surface area contributed by atoms with Crippen LogP contribution in [0.3, 0.4) is 0 Å². The minimum atomic E-state index is 0.990. The molecule has 2 aromatic carbocycles. The molecule has 0 bridgehead atoms. The van der Waals surface area contributed by atoms with Crippen molar-refractivity contribution in [1.82, 2.24) is 4.98 Å². The van der Waals surface area contributed by atoms with E-state index in [9.17, 15) is 0 Å². The van der Waals surface area contributed by atoms with Crippen molar-refractivity contribution in [3.8, 4) is 0 Å². The van der Waals surface area contributed by atoms with Crippen LogP contribution in [0.25, 0.3) is 10.9 Å². The Morgan fingerprint density at radius 3 is 2.44 bits per heavy atom. The molecule has 1 heteroatoms. The van der Waals surface area contributed by atoms with Crippen molar-refractivity contribution in [2.24, 2.45) is 0 Å². The molecule has 1 radical (unpaired) electrons. The number of fused-ring (bicyclic) bond motifs is 1.